The van der Waals surface area contributed by atoms with Crippen LogP contribution < -0.4 is 4.74 Å². The van der Waals surface area contributed by atoms with Crippen LogP contribution in [0.3, 0.4) is 0 Å². The molecular formula is C16H17F9O2. The molecule has 11 heteroatoms. The number of benzene rings is 1. The predicted molar refractivity (Wildman–Crippen MR) is 77.3 cm³/mol. The van der Waals surface area contributed by atoms with Crippen LogP contribution >= 0.6 is 0 Å². The summed E-state index contributed by atoms with van der Waals surface area (Å²) in [5.41, 5.74) is -3.28. The lowest BCUT2D eigenvalue weighted by molar-refractivity contribution is -0.400. The van der Waals surface area contributed by atoms with Gasteiger partial charge in [0, 0.05) is 0 Å². The first-order chi connectivity index (χ1) is 11.8. The number of aliphatic hydroxyl groups is 1. The third-order valence-corrected chi connectivity index (χ3v) is 3.60. The number of hydrogen-bond acceptors (Lipinski definition) is 2. The number of hydrogen-bond donors (Lipinski definition) is 1. The highest BCUT2D eigenvalue weighted by Gasteiger charge is 2.81. The molecule has 0 aliphatic heterocycles. The molecule has 1 unspecified atom stereocenters. The van der Waals surface area contributed by atoms with E-state index in [-0.39, 0.29) is 11.9 Å². The van der Waals surface area contributed by atoms with Gasteiger partial charge in [0.2, 0.25) is 0 Å². The monoisotopic (exact) mass is 412 g/mol. The van der Waals surface area contributed by atoms with Crippen LogP contribution in [0.15, 0.2) is 24.3 Å². The van der Waals surface area contributed by atoms with Crippen molar-refractivity contribution in [2.45, 2.75) is 62.8 Å². The molecule has 2 nitrogen and oxygen atoms in total. The van der Waals surface area contributed by atoms with E-state index in [1.54, 1.807) is 13.8 Å². The molecule has 0 aliphatic carbocycles. The Kier molecular flexibility index (Phi) is 6.12. The first-order valence-corrected chi connectivity index (χ1v) is 7.55. The number of halogens is 9. The third kappa shape index (κ3) is 4.61. The van der Waals surface area contributed by atoms with E-state index in [0.29, 0.717) is 6.92 Å². The zero-order valence-electron chi connectivity index (χ0n) is 14.4. The van der Waals surface area contributed by atoms with Crippen molar-refractivity contribution >= 4 is 0 Å². The van der Waals surface area contributed by atoms with E-state index in [9.17, 15) is 44.6 Å². The van der Waals surface area contributed by atoms with Gasteiger partial charge in [0.05, 0.1) is 18.1 Å². The molecule has 0 radical (unpaired) electrons. The Morgan fingerprint density at radius 1 is 0.926 bits per heavy atom. The fraction of sp³-hybridized carbons (Fsp3) is 0.625. The molecule has 27 heavy (non-hydrogen) atoms. The molecule has 0 aliphatic rings. The smallest absolute Gasteiger partial charge is 0.460 e. The Hall–Kier alpha value is -1.65. The van der Waals surface area contributed by atoms with E-state index in [1.807, 2.05) is 0 Å². The van der Waals surface area contributed by atoms with E-state index in [0.717, 1.165) is 12.1 Å². The summed E-state index contributed by atoms with van der Waals surface area (Å²) in [6.07, 6.45) is -9.66. The Morgan fingerprint density at radius 2 is 1.44 bits per heavy atom. The molecule has 0 saturated heterocycles. The van der Waals surface area contributed by atoms with Crippen LogP contribution in [0.25, 0.3) is 0 Å². The van der Waals surface area contributed by atoms with Gasteiger partial charge in [-0.3, -0.25) is 0 Å². The van der Waals surface area contributed by atoms with Gasteiger partial charge >= 0.3 is 23.9 Å². The normalized spacial score (nSPS) is 16.4. The second-order valence-corrected chi connectivity index (χ2v) is 6.50. The molecule has 1 aromatic carbocycles. The minimum atomic E-state index is -7.00. The average Bonchev–Trinajstić information content (AvgIpc) is 2.44. The number of alkyl halides is 9. The van der Waals surface area contributed by atoms with Crippen molar-refractivity contribution in [3.63, 3.8) is 0 Å². The SMILES string of the molecule is CC(C)Oc1cccc(C(C)(O)CC(F)(F)C(F)(F)C(F)(F)C(F)(F)F)c1. The molecule has 0 saturated carbocycles. The van der Waals surface area contributed by atoms with Crippen LogP contribution in [-0.4, -0.2) is 35.2 Å². The first kappa shape index (κ1) is 23.4. The summed E-state index contributed by atoms with van der Waals surface area (Å²) in [7, 11) is 0. The Bertz CT molecular complexity index is 652. The molecule has 1 N–H and O–H groups in total. The molecule has 0 bridgehead atoms. The lowest BCUT2D eigenvalue weighted by Crippen LogP contribution is -2.62. The fourth-order valence-electron chi connectivity index (χ4n) is 2.23. The van der Waals surface area contributed by atoms with Gasteiger partial charge in [-0.25, -0.2) is 0 Å². The lowest BCUT2D eigenvalue weighted by Gasteiger charge is -2.37. The molecular weight excluding hydrogens is 395 g/mol. The highest BCUT2D eigenvalue weighted by atomic mass is 19.4. The molecule has 0 heterocycles. The second-order valence-electron chi connectivity index (χ2n) is 6.50. The number of ether oxygens (including phenoxy) is 1. The maximum atomic E-state index is 13.8. The van der Waals surface area contributed by atoms with Crippen LogP contribution in [-0.2, 0) is 5.60 Å². The van der Waals surface area contributed by atoms with E-state index in [4.69, 9.17) is 4.74 Å². The van der Waals surface area contributed by atoms with Crippen molar-refractivity contribution in [3.05, 3.63) is 29.8 Å². The van der Waals surface area contributed by atoms with Gasteiger partial charge in [0.15, 0.2) is 0 Å². The van der Waals surface area contributed by atoms with Crippen LogP contribution in [0.5, 0.6) is 5.75 Å². The molecule has 0 amide bonds. The van der Waals surface area contributed by atoms with Crippen molar-refractivity contribution in [2.24, 2.45) is 0 Å². The van der Waals surface area contributed by atoms with Crippen molar-refractivity contribution in [1.29, 1.82) is 0 Å². The molecule has 1 aromatic rings. The van der Waals surface area contributed by atoms with Gasteiger partial charge in [-0.2, -0.15) is 39.5 Å². The van der Waals surface area contributed by atoms with Crippen LogP contribution in [0.1, 0.15) is 32.8 Å². The summed E-state index contributed by atoms with van der Waals surface area (Å²) in [6, 6.07) is 4.58. The third-order valence-electron chi connectivity index (χ3n) is 3.60. The summed E-state index contributed by atoms with van der Waals surface area (Å²) in [6.45, 7) is 3.81. The van der Waals surface area contributed by atoms with E-state index >= 15 is 0 Å². The summed E-state index contributed by atoms with van der Waals surface area (Å²) < 4.78 is 122. The zero-order chi connectivity index (χ0) is 21.5. The van der Waals surface area contributed by atoms with Gasteiger partial charge in [0.25, 0.3) is 0 Å². The van der Waals surface area contributed by atoms with Crippen LogP contribution in [0, 0.1) is 0 Å². The van der Waals surface area contributed by atoms with Gasteiger partial charge in [-0.05, 0) is 38.5 Å². The van der Waals surface area contributed by atoms with Crippen molar-refractivity contribution < 1.29 is 49.4 Å². The maximum absolute atomic E-state index is 13.8. The second kappa shape index (κ2) is 7.06. The summed E-state index contributed by atoms with van der Waals surface area (Å²) >= 11 is 0. The summed E-state index contributed by atoms with van der Waals surface area (Å²) in [5.74, 6) is -19.6. The van der Waals surface area contributed by atoms with Crippen molar-refractivity contribution in [2.75, 3.05) is 0 Å². The lowest BCUT2D eigenvalue weighted by atomic mass is 9.86. The standard InChI is InChI=1S/C16H17F9O2/c1-9(2)27-11-6-4-5-10(7-11)12(3,26)8-13(17,18)14(19,20)15(21,22)16(23,24)25/h4-7,9,26H,8H2,1-3H3. The topological polar surface area (TPSA) is 29.5 Å². The molecule has 1 rings (SSSR count). The van der Waals surface area contributed by atoms with Crippen LogP contribution in [0.4, 0.5) is 39.5 Å². The van der Waals surface area contributed by atoms with Crippen molar-refractivity contribution in [1.82, 2.24) is 0 Å². The van der Waals surface area contributed by atoms with E-state index < -0.39 is 41.5 Å². The van der Waals surface area contributed by atoms with Gasteiger partial charge < -0.3 is 9.84 Å². The predicted octanol–water partition coefficient (Wildman–Crippen LogP) is 5.54. The average molecular weight is 412 g/mol. The molecule has 0 spiro atoms. The van der Waals surface area contributed by atoms with Gasteiger partial charge in [-0.15, -0.1) is 0 Å². The van der Waals surface area contributed by atoms with Crippen LogP contribution in [0.2, 0.25) is 0 Å². The Labute approximate surface area is 148 Å². The molecule has 0 fully saturated rings. The number of rotatable bonds is 7. The van der Waals surface area contributed by atoms with E-state index in [1.165, 1.54) is 12.1 Å². The minimum Gasteiger partial charge on any atom is -0.491 e. The summed E-state index contributed by atoms with van der Waals surface area (Å²) in [4.78, 5) is 0. The minimum absolute atomic E-state index is 0.0541. The molecule has 156 valence electrons. The Balaban J connectivity index is 3.23. The first-order valence-electron chi connectivity index (χ1n) is 7.55. The largest absolute Gasteiger partial charge is 0.491 e. The molecule has 0 aromatic heterocycles. The van der Waals surface area contributed by atoms with E-state index in [2.05, 4.69) is 0 Å². The van der Waals surface area contributed by atoms with Crippen molar-refractivity contribution in [3.8, 4) is 5.75 Å². The van der Waals surface area contributed by atoms with Gasteiger partial charge in [0.1, 0.15) is 5.75 Å². The molecule has 1 atom stereocenters. The quantitative estimate of drug-likeness (QED) is 0.596. The maximum Gasteiger partial charge on any atom is 0.460 e. The van der Waals surface area contributed by atoms with Gasteiger partial charge in [-0.1, -0.05) is 12.1 Å². The Morgan fingerprint density at radius 3 is 1.89 bits per heavy atom. The highest BCUT2D eigenvalue weighted by Crippen LogP contribution is 2.55. The fourth-order valence-corrected chi connectivity index (χ4v) is 2.23. The summed E-state index contributed by atoms with van der Waals surface area (Å²) in [5, 5.41) is 10.1. The highest BCUT2D eigenvalue weighted by molar-refractivity contribution is 5.32. The zero-order valence-corrected chi connectivity index (χ0v) is 14.4.